The molecule has 0 aliphatic carbocycles. The van der Waals surface area contributed by atoms with E-state index >= 15 is 0 Å². The highest BCUT2D eigenvalue weighted by atomic mass is 35.5. The summed E-state index contributed by atoms with van der Waals surface area (Å²) in [6.45, 7) is 3.64. The van der Waals surface area contributed by atoms with Gasteiger partial charge in [-0.25, -0.2) is 0 Å². The van der Waals surface area contributed by atoms with Gasteiger partial charge in [0.1, 0.15) is 5.75 Å². The minimum absolute atomic E-state index is 0.0185. The van der Waals surface area contributed by atoms with E-state index in [1.54, 1.807) is 6.07 Å². The quantitative estimate of drug-likeness (QED) is 0.758. The van der Waals surface area contributed by atoms with Gasteiger partial charge in [-0.2, -0.15) is 0 Å². The summed E-state index contributed by atoms with van der Waals surface area (Å²) in [4.78, 5) is 11.8. The first-order valence-corrected chi connectivity index (χ1v) is 5.30. The third-order valence-corrected chi connectivity index (χ3v) is 2.64. The van der Waals surface area contributed by atoms with Gasteiger partial charge >= 0.3 is 0 Å². The Labute approximate surface area is 99.1 Å². The Kier molecular flexibility index (Phi) is 4.00. The number of carbonyl (C=O) groups is 1. The van der Waals surface area contributed by atoms with Gasteiger partial charge < -0.3 is 4.74 Å². The van der Waals surface area contributed by atoms with Gasteiger partial charge in [0.05, 0.1) is 17.2 Å². The van der Waals surface area contributed by atoms with Crippen molar-refractivity contribution in [1.29, 1.82) is 0 Å². The molecule has 0 heterocycles. The Morgan fingerprint density at radius 2 is 1.87 bits per heavy atom. The summed E-state index contributed by atoms with van der Waals surface area (Å²) in [5.41, 5.74) is 0.452. The molecule has 0 radical (unpaired) electrons. The number of ether oxygens (including phenoxy) is 1. The second-order valence-electron chi connectivity index (χ2n) is 3.49. The van der Waals surface area contributed by atoms with Crippen molar-refractivity contribution in [2.45, 2.75) is 13.8 Å². The molecule has 0 unspecified atom stereocenters. The van der Waals surface area contributed by atoms with Crippen LogP contribution in [0.5, 0.6) is 5.75 Å². The molecule has 0 fully saturated rings. The van der Waals surface area contributed by atoms with E-state index in [1.807, 2.05) is 13.8 Å². The Hall–Kier alpha value is -0.730. The molecule has 1 aromatic carbocycles. The lowest BCUT2D eigenvalue weighted by Gasteiger charge is -2.09. The zero-order chi connectivity index (χ0) is 11.6. The maximum absolute atomic E-state index is 11.8. The van der Waals surface area contributed by atoms with Gasteiger partial charge in [-0.15, -0.1) is 0 Å². The number of halogens is 2. The fourth-order valence-electron chi connectivity index (χ4n) is 1.19. The molecular weight excluding hydrogens is 235 g/mol. The summed E-state index contributed by atoms with van der Waals surface area (Å²) in [6.07, 6.45) is 0. The van der Waals surface area contributed by atoms with Gasteiger partial charge in [-0.3, -0.25) is 4.79 Å². The highest BCUT2D eigenvalue weighted by Crippen LogP contribution is 2.31. The second kappa shape index (κ2) is 4.86. The Morgan fingerprint density at radius 3 is 2.33 bits per heavy atom. The van der Waals surface area contributed by atoms with E-state index < -0.39 is 0 Å². The van der Waals surface area contributed by atoms with Crippen LogP contribution in [0.1, 0.15) is 24.2 Å². The first-order chi connectivity index (χ1) is 6.97. The molecule has 4 heteroatoms. The van der Waals surface area contributed by atoms with Gasteiger partial charge in [-0.05, 0) is 12.1 Å². The number of methoxy groups -OCH3 is 1. The lowest BCUT2D eigenvalue weighted by atomic mass is 10.0. The minimum atomic E-state index is -0.103. The summed E-state index contributed by atoms with van der Waals surface area (Å²) in [5.74, 6) is 0.341. The highest BCUT2D eigenvalue weighted by molar-refractivity contribution is 6.37. The lowest BCUT2D eigenvalue weighted by Crippen LogP contribution is -2.08. The van der Waals surface area contributed by atoms with Gasteiger partial charge in [0.25, 0.3) is 0 Å². The molecule has 0 amide bonds. The fourth-order valence-corrected chi connectivity index (χ4v) is 1.74. The SMILES string of the molecule is COc1cc(C(=O)C(C)C)c(Cl)cc1Cl. The molecule has 0 spiro atoms. The Morgan fingerprint density at radius 1 is 1.27 bits per heavy atom. The van der Waals surface area contributed by atoms with Crippen LogP contribution in [-0.2, 0) is 0 Å². The van der Waals surface area contributed by atoms with Gasteiger partial charge in [0.15, 0.2) is 5.78 Å². The Balaban J connectivity index is 3.24. The van der Waals surface area contributed by atoms with Crippen LogP contribution in [0.15, 0.2) is 12.1 Å². The third-order valence-electron chi connectivity index (χ3n) is 2.03. The Bertz CT molecular complexity index is 386. The fraction of sp³-hybridized carbons (Fsp3) is 0.364. The topological polar surface area (TPSA) is 26.3 Å². The maximum atomic E-state index is 11.8. The van der Waals surface area contributed by atoms with Crippen molar-refractivity contribution in [1.82, 2.24) is 0 Å². The van der Waals surface area contributed by atoms with Crippen molar-refractivity contribution in [3.63, 3.8) is 0 Å². The molecular formula is C11H12Cl2O2. The normalized spacial score (nSPS) is 10.5. The molecule has 82 valence electrons. The number of hydrogen-bond donors (Lipinski definition) is 0. The third kappa shape index (κ3) is 2.64. The smallest absolute Gasteiger partial charge is 0.167 e. The zero-order valence-electron chi connectivity index (χ0n) is 8.80. The molecule has 0 aliphatic rings. The maximum Gasteiger partial charge on any atom is 0.167 e. The van der Waals surface area contributed by atoms with Crippen LogP contribution in [0, 0.1) is 5.92 Å². The largest absolute Gasteiger partial charge is 0.495 e. The van der Waals surface area contributed by atoms with Crippen molar-refractivity contribution >= 4 is 29.0 Å². The van der Waals surface area contributed by atoms with Crippen molar-refractivity contribution in [2.24, 2.45) is 5.92 Å². The molecule has 0 saturated heterocycles. The molecule has 0 atom stereocenters. The molecule has 0 saturated carbocycles. The van der Waals surface area contributed by atoms with Crippen LogP contribution in [0.4, 0.5) is 0 Å². The van der Waals surface area contributed by atoms with Crippen molar-refractivity contribution in [2.75, 3.05) is 7.11 Å². The summed E-state index contributed by atoms with van der Waals surface area (Å²) in [5, 5.41) is 0.766. The van der Waals surface area contributed by atoms with Crippen molar-refractivity contribution in [3.05, 3.63) is 27.7 Å². The number of benzene rings is 1. The van der Waals surface area contributed by atoms with Gasteiger partial charge in [-0.1, -0.05) is 37.0 Å². The summed E-state index contributed by atoms with van der Waals surface area (Å²) < 4.78 is 5.03. The van der Waals surface area contributed by atoms with E-state index in [0.29, 0.717) is 21.4 Å². The summed E-state index contributed by atoms with van der Waals surface area (Å²) in [6, 6.07) is 3.10. The van der Waals surface area contributed by atoms with Crippen molar-refractivity contribution < 1.29 is 9.53 Å². The molecule has 0 bridgehead atoms. The van der Waals surface area contributed by atoms with Gasteiger partial charge in [0, 0.05) is 11.5 Å². The molecule has 1 rings (SSSR count). The summed E-state index contributed by atoms with van der Waals surface area (Å²) in [7, 11) is 1.50. The van der Waals surface area contributed by atoms with Crippen LogP contribution in [0.25, 0.3) is 0 Å². The van der Waals surface area contributed by atoms with E-state index in [2.05, 4.69) is 0 Å². The number of Topliss-reactive ketones (excluding diaryl/α,β-unsaturated/α-hetero) is 1. The zero-order valence-corrected chi connectivity index (χ0v) is 10.3. The number of hydrogen-bond acceptors (Lipinski definition) is 2. The predicted molar refractivity (Wildman–Crippen MR) is 62.2 cm³/mol. The predicted octanol–water partition coefficient (Wildman–Crippen LogP) is 3.84. The number of carbonyl (C=O) groups excluding carboxylic acids is 1. The average molecular weight is 247 g/mol. The molecule has 15 heavy (non-hydrogen) atoms. The number of ketones is 1. The van der Waals surface area contributed by atoms with Crippen molar-refractivity contribution in [3.8, 4) is 5.75 Å². The van der Waals surface area contributed by atoms with Crippen LogP contribution >= 0.6 is 23.2 Å². The first kappa shape index (κ1) is 12.3. The second-order valence-corrected chi connectivity index (χ2v) is 4.30. The van der Waals surface area contributed by atoms with Gasteiger partial charge in [0.2, 0.25) is 0 Å². The standard InChI is InChI=1S/C11H12Cl2O2/c1-6(2)11(14)7-4-10(15-3)9(13)5-8(7)12/h4-6H,1-3H3. The molecule has 0 N–H and O–H groups in total. The van der Waals surface area contributed by atoms with Crippen LogP contribution in [0.2, 0.25) is 10.0 Å². The lowest BCUT2D eigenvalue weighted by molar-refractivity contribution is 0.0939. The molecule has 0 aliphatic heterocycles. The monoisotopic (exact) mass is 246 g/mol. The van der Waals surface area contributed by atoms with E-state index in [4.69, 9.17) is 27.9 Å². The van der Waals surface area contributed by atoms with E-state index in [0.717, 1.165) is 0 Å². The summed E-state index contributed by atoms with van der Waals surface area (Å²) >= 11 is 11.8. The average Bonchev–Trinajstić information content (AvgIpc) is 2.17. The van der Waals surface area contributed by atoms with Crippen LogP contribution in [0.3, 0.4) is 0 Å². The molecule has 0 aromatic heterocycles. The van der Waals surface area contributed by atoms with E-state index in [9.17, 15) is 4.79 Å². The molecule has 1 aromatic rings. The van der Waals surface area contributed by atoms with E-state index in [1.165, 1.54) is 13.2 Å². The van der Waals surface area contributed by atoms with Crippen LogP contribution < -0.4 is 4.74 Å². The number of rotatable bonds is 3. The highest BCUT2D eigenvalue weighted by Gasteiger charge is 2.16. The first-order valence-electron chi connectivity index (χ1n) is 4.54. The molecule has 2 nitrogen and oxygen atoms in total. The van der Waals surface area contributed by atoms with Crippen LogP contribution in [-0.4, -0.2) is 12.9 Å². The minimum Gasteiger partial charge on any atom is -0.495 e. The van der Waals surface area contributed by atoms with E-state index in [-0.39, 0.29) is 11.7 Å².